The predicted molar refractivity (Wildman–Crippen MR) is 110 cm³/mol. The topological polar surface area (TPSA) is 81.5 Å². The van der Waals surface area contributed by atoms with Crippen LogP contribution in [0.15, 0.2) is 0 Å². The average molecular weight is 407 g/mol. The lowest BCUT2D eigenvalue weighted by molar-refractivity contribution is -0.552. The Balaban J connectivity index is 1.50. The van der Waals surface area contributed by atoms with Gasteiger partial charge in [0.25, 0.3) is 0 Å². The third-order valence-corrected chi connectivity index (χ3v) is 9.94. The number of ether oxygens (including phenoxy) is 1. The van der Waals surface area contributed by atoms with Gasteiger partial charge in [-0.1, -0.05) is 13.8 Å². The van der Waals surface area contributed by atoms with E-state index < -0.39 is 0 Å². The summed E-state index contributed by atoms with van der Waals surface area (Å²) in [6.07, 6.45) is 10.6. The smallest absolute Gasteiger partial charge is 0.302 e. The minimum atomic E-state index is -0.360. The Morgan fingerprint density at radius 2 is 1.76 bits per heavy atom. The van der Waals surface area contributed by atoms with Crippen LogP contribution in [0.4, 0.5) is 0 Å². The third kappa shape index (κ3) is 3.44. The number of carbonyl (C=O) groups is 1. The van der Waals surface area contributed by atoms with Gasteiger partial charge in [0.2, 0.25) is 0 Å². The summed E-state index contributed by atoms with van der Waals surface area (Å²) in [5.74, 6) is 3.13. The van der Waals surface area contributed by atoms with Crippen molar-refractivity contribution in [2.75, 3.05) is 0 Å². The predicted octanol–water partition coefficient (Wildman–Crippen LogP) is 4.75. The van der Waals surface area contributed by atoms with Crippen LogP contribution in [-0.4, -0.2) is 23.1 Å². The quantitative estimate of drug-likeness (QED) is 0.414. The SMILES string of the molecule is CC(=O)O[C@H]1CC[C@@]2(C)C(CC[C@H]3[C@@H]4CC[C@H]([C@H](C)N[N+](=O)[O-])[C@@]4(C)CC[C@@H]32)C1. The highest BCUT2D eigenvalue weighted by molar-refractivity contribution is 5.66. The molecule has 0 saturated heterocycles. The second-order valence-corrected chi connectivity index (χ2v) is 11.1. The van der Waals surface area contributed by atoms with E-state index in [4.69, 9.17) is 4.74 Å². The number of fused-ring (bicyclic) bond motifs is 5. The molecule has 0 heterocycles. The van der Waals surface area contributed by atoms with Crippen molar-refractivity contribution in [1.29, 1.82) is 0 Å². The average Bonchev–Trinajstić information content (AvgIpc) is 2.98. The number of nitro groups is 1. The minimum absolute atomic E-state index is 0.0670. The molecule has 0 aliphatic heterocycles. The van der Waals surface area contributed by atoms with Gasteiger partial charge in [0, 0.05) is 6.92 Å². The van der Waals surface area contributed by atoms with Crippen molar-refractivity contribution in [1.82, 2.24) is 5.43 Å². The first-order valence-electron chi connectivity index (χ1n) is 11.7. The molecule has 4 saturated carbocycles. The van der Waals surface area contributed by atoms with Crippen LogP contribution in [0.25, 0.3) is 0 Å². The molecule has 1 N–H and O–H groups in total. The molecule has 9 atom stereocenters. The highest BCUT2D eigenvalue weighted by atomic mass is 16.7. The maximum absolute atomic E-state index is 11.4. The van der Waals surface area contributed by atoms with Crippen LogP contribution in [0.5, 0.6) is 0 Å². The molecule has 0 aromatic carbocycles. The van der Waals surface area contributed by atoms with Crippen molar-refractivity contribution < 1.29 is 14.6 Å². The second kappa shape index (κ2) is 7.42. The summed E-state index contributed by atoms with van der Waals surface area (Å²) in [5.41, 5.74) is 3.16. The van der Waals surface area contributed by atoms with Gasteiger partial charge in [-0.2, -0.15) is 0 Å². The first kappa shape index (κ1) is 20.9. The Labute approximate surface area is 174 Å². The first-order valence-corrected chi connectivity index (χ1v) is 11.7. The zero-order valence-corrected chi connectivity index (χ0v) is 18.5. The Kier molecular flexibility index (Phi) is 5.35. The maximum Gasteiger partial charge on any atom is 0.302 e. The third-order valence-electron chi connectivity index (χ3n) is 9.94. The fourth-order valence-corrected chi connectivity index (χ4v) is 8.68. The Bertz CT molecular complexity index is 669. The number of hydrogen-bond donors (Lipinski definition) is 1. The van der Waals surface area contributed by atoms with Crippen LogP contribution < -0.4 is 5.43 Å². The summed E-state index contributed by atoms with van der Waals surface area (Å²) in [4.78, 5) is 22.4. The molecule has 0 radical (unpaired) electrons. The van der Waals surface area contributed by atoms with Gasteiger partial charge in [-0.15, -0.1) is 5.43 Å². The van der Waals surface area contributed by atoms with Gasteiger partial charge in [-0.25, -0.2) is 10.1 Å². The minimum Gasteiger partial charge on any atom is -0.463 e. The summed E-state index contributed by atoms with van der Waals surface area (Å²) in [7, 11) is 0. The van der Waals surface area contributed by atoms with Gasteiger partial charge >= 0.3 is 5.97 Å². The Morgan fingerprint density at radius 3 is 2.45 bits per heavy atom. The van der Waals surface area contributed by atoms with Crippen molar-refractivity contribution in [2.45, 2.75) is 97.6 Å². The monoisotopic (exact) mass is 406 g/mol. The van der Waals surface area contributed by atoms with E-state index in [0.29, 0.717) is 23.2 Å². The van der Waals surface area contributed by atoms with Crippen LogP contribution in [0, 0.1) is 50.5 Å². The van der Waals surface area contributed by atoms with Crippen molar-refractivity contribution >= 4 is 5.97 Å². The van der Waals surface area contributed by atoms with Gasteiger partial charge in [0.15, 0.2) is 5.03 Å². The molecule has 4 fully saturated rings. The van der Waals surface area contributed by atoms with Crippen LogP contribution in [0.1, 0.15) is 85.5 Å². The highest BCUT2D eigenvalue weighted by Crippen LogP contribution is 2.67. The van der Waals surface area contributed by atoms with E-state index >= 15 is 0 Å². The lowest BCUT2D eigenvalue weighted by atomic mass is 9.44. The van der Waals surface area contributed by atoms with Gasteiger partial charge < -0.3 is 4.74 Å². The summed E-state index contributed by atoms with van der Waals surface area (Å²) in [5, 5.41) is 10.7. The van der Waals surface area contributed by atoms with Crippen LogP contribution in [-0.2, 0) is 9.53 Å². The van der Waals surface area contributed by atoms with Crippen molar-refractivity contribution in [2.24, 2.45) is 40.4 Å². The highest BCUT2D eigenvalue weighted by Gasteiger charge is 2.61. The number of carbonyl (C=O) groups excluding carboxylic acids is 1. The number of nitrogens with zero attached hydrogens (tertiary/aromatic N) is 1. The molecule has 6 heteroatoms. The number of nitrogens with one attached hydrogen (secondary N) is 1. The van der Waals surface area contributed by atoms with Gasteiger partial charge in [0.1, 0.15) is 6.10 Å². The zero-order chi connectivity index (χ0) is 21.0. The number of hydrogen-bond acceptors (Lipinski definition) is 4. The Hall–Kier alpha value is -1.33. The van der Waals surface area contributed by atoms with E-state index in [1.165, 1.54) is 45.4 Å². The fraction of sp³-hybridized carbons (Fsp3) is 0.957. The van der Waals surface area contributed by atoms with Crippen LogP contribution in [0.2, 0.25) is 0 Å². The molecular weight excluding hydrogens is 368 g/mol. The Morgan fingerprint density at radius 1 is 1.07 bits per heavy atom. The lowest BCUT2D eigenvalue weighted by Crippen LogP contribution is -2.55. The van der Waals surface area contributed by atoms with Crippen molar-refractivity contribution in [3.63, 3.8) is 0 Å². The summed E-state index contributed by atoms with van der Waals surface area (Å²) >= 11 is 0. The molecule has 4 aliphatic carbocycles. The summed E-state index contributed by atoms with van der Waals surface area (Å²) in [6.45, 7) is 8.47. The van der Waals surface area contributed by atoms with Gasteiger partial charge in [0.05, 0.1) is 6.04 Å². The molecule has 6 nitrogen and oxygen atoms in total. The molecule has 0 aromatic heterocycles. The lowest BCUT2D eigenvalue weighted by Gasteiger charge is -2.61. The standard InChI is InChI=1S/C23H38N2O4/c1-14(24-25(27)28)19-7-8-20-18-6-5-16-13-17(29-15(2)26)9-11-22(16,3)21(18)10-12-23(19,20)4/h14,16-21,24H,5-13H2,1-4H3/t14-,16?,17-,18-,19+,20-,21-,22-,23+/m0/s1. The molecule has 0 spiro atoms. The van der Waals surface area contributed by atoms with Crippen LogP contribution in [0.3, 0.4) is 0 Å². The van der Waals surface area contributed by atoms with E-state index in [1.807, 2.05) is 6.92 Å². The van der Waals surface area contributed by atoms with E-state index in [9.17, 15) is 14.9 Å². The molecular formula is C23H38N2O4. The molecule has 29 heavy (non-hydrogen) atoms. The molecule has 0 bridgehead atoms. The molecule has 164 valence electrons. The molecule has 4 rings (SSSR count). The number of hydrazine groups is 1. The van der Waals surface area contributed by atoms with Gasteiger partial charge in [-0.05, 0) is 105 Å². The van der Waals surface area contributed by atoms with Crippen LogP contribution >= 0.6 is 0 Å². The van der Waals surface area contributed by atoms with E-state index in [-0.39, 0.29) is 28.6 Å². The summed E-state index contributed by atoms with van der Waals surface area (Å²) in [6, 6.07) is -0.0670. The molecule has 4 aliphatic rings. The van der Waals surface area contributed by atoms with Crippen molar-refractivity contribution in [3.05, 3.63) is 10.1 Å². The zero-order valence-electron chi connectivity index (χ0n) is 18.5. The number of rotatable bonds is 4. The van der Waals surface area contributed by atoms with E-state index in [2.05, 4.69) is 19.3 Å². The largest absolute Gasteiger partial charge is 0.463 e. The first-order chi connectivity index (χ1) is 13.6. The normalized spacial score (nSPS) is 47.3. The van der Waals surface area contributed by atoms with Crippen molar-refractivity contribution in [3.8, 4) is 0 Å². The second-order valence-electron chi connectivity index (χ2n) is 11.1. The molecule has 0 amide bonds. The molecule has 1 unspecified atom stereocenters. The van der Waals surface area contributed by atoms with Gasteiger partial charge in [-0.3, -0.25) is 4.79 Å². The number of esters is 1. The molecule has 0 aromatic rings. The van der Waals surface area contributed by atoms with E-state index in [0.717, 1.165) is 31.1 Å². The summed E-state index contributed by atoms with van der Waals surface area (Å²) < 4.78 is 5.58. The fourth-order valence-electron chi connectivity index (χ4n) is 8.68. The maximum atomic E-state index is 11.4. The van der Waals surface area contributed by atoms with E-state index in [1.54, 1.807) is 0 Å².